The summed E-state index contributed by atoms with van der Waals surface area (Å²) >= 11 is 3.44. The summed E-state index contributed by atoms with van der Waals surface area (Å²) in [6.45, 7) is 0. The van der Waals surface area contributed by atoms with Crippen LogP contribution in [0.4, 0.5) is 5.69 Å². The lowest BCUT2D eigenvalue weighted by Crippen LogP contribution is -2.22. The van der Waals surface area contributed by atoms with Crippen molar-refractivity contribution in [3.8, 4) is 11.4 Å². The molecule has 0 unspecified atom stereocenters. The molecule has 0 aliphatic carbocycles. The molecule has 4 aromatic rings. The van der Waals surface area contributed by atoms with Gasteiger partial charge in [-0.3, -0.25) is 14.2 Å². The molecule has 0 fully saturated rings. The third kappa shape index (κ3) is 3.00. The largest absolute Gasteiger partial charge is 0.508 e. The van der Waals surface area contributed by atoms with E-state index in [4.69, 9.17) is 0 Å². The zero-order valence-electron chi connectivity index (χ0n) is 15.5. The number of phenols is 1. The van der Waals surface area contributed by atoms with Crippen LogP contribution in [0.3, 0.4) is 0 Å². The lowest BCUT2D eigenvalue weighted by Gasteiger charge is -2.12. The SMILES string of the molecule is O=C1Nc2ccc(Br)cc2/C1=C/c1nc2ccccc2c(=O)n1-c1ccc(O)cc1. The number of amides is 1. The van der Waals surface area contributed by atoms with E-state index in [2.05, 4.69) is 26.2 Å². The lowest BCUT2D eigenvalue weighted by molar-refractivity contribution is -0.110. The number of nitrogens with one attached hydrogen (secondary N) is 1. The highest BCUT2D eigenvalue weighted by Gasteiger charge is 2.25. The average molecular weight is 460 g/mol. The minimum atomic E-state index is -0.261. The Morgan fingerprint density at radius 2 is 1.77 bits per heavy atom. The molecule has 6 nitrogen and oxygen atoms in total. The monoisotopic (exact) mass is 459 g/mol. The molecule has 5 rings (SSSR count). The summed E-state index contributed by atoms with van der Waals surface area (Å²) < 4.78 is 2.28. The molecule has 0 spiro atoms. The van der Waals surface area contributed by atoms with E-state index in [1.54, 1.807) is 36.4 Å². The number of carbonyl (C=O) groups is 1. The van der Waals surface area contributed by atoms with Crippen LogP contribution >= 0.6 is 15.9 Å². The molecule has 1 aliphatic rings. The van der Waals surface area contributed by atoms with Crippen LogP contribution < -0.4 is 10.9 Å². The summed E-state index contributed by atoms with van der Waals surface area (Å²) in [6, 6.07) is 18.9. The second-order valence-corrected chi connectivity index (χ2v) is 7.76. The van der Waals surface area contributed by atoms with Gasteiger partial charge in [-0.05, 0) is 60.7 Å². The van der Waals surface area contributed by atoms with Gasteiger partial charge in [0, 0.05) is 15.7 Å². The van der Waals surface area contributed by atoms with E-state index in [-0.39, 0.29) is 17.2 Å². The van der Waals surface area contributed by atoms with Crippen LogP contribution in [-0.2, 0) is 4.79 Å². The lowest BCUT2D eigenvalue weighted by atomic mass is 10.1. The highest BCUT2D eigenvalue weighted by molar-refractivity contribution is 9.10. The molecule has 3 aromatic carbocycles. The van der Waals surface area contributed by atoms with Crippen molar-refractivity contribution in [2.75, 3.05) is 5.32 Å². The van der Waals surface area contributed by atoms with Crippen molar-refractivity contribution in [2.24, 2.45) is 0 Å². The maximum absolute atomic E-state index is 13.3. The smallest absolute Gasteiger partial charge is 0.266 e. The Bertz CT molecular complexity index is 1420. The fourth-order valence-electron chi connectivity index (χ4n) is 3.53. The molecular weight excluding hydrogens is 446 g/mol. The molecule has 1 amide bonds. The van der Waals surface area contributed by atoms with Crippen molar-refractivity contribution in [1.29, 1.82) is 0 Å². The number of benzene rings is 3. The summed E-state index contributed by atoms with van der Waals surface area (Å²) in [6.07, 6.45) is 1.62. The number of aromatic hydroxyl groups is 1. The topological polar surface area (TPSA) is 84.2 Å². The van der Waals surface area contributed by atoms with E-state index in [0.29, 0.717) is 33.7 Å². The van der Waals surface area contributed by atoms with Gasteiger partial charge >= 0.3 is 0 Å². The second-order valence-electron chi connectivity index (χ2n) is 6.85. The van der Waals surface area contributed by atoms with E-state index in [1.807, 2.05) is 24.3 Å². The van der Waals surface area contributed by atoms with Crippen LogP contribution in [0.2, 0.25) is 0 Å². The first-order valence-corrected chi connectivity index (χ1v) is 9.95. The minimum Gasteiger partial charge on any atom is -0.508 e. The van der Waals surface area contributed by atoms with Gasteiger partial charge in [-0.1, -0.05) is 28.1 Å². The minimum absolute atomic E-state index is 0.0920. The fraction of sp³-hybridized carbons (Fsp3) is 0. The van der Waals surface area contributed by atoms with Gasteiger partial charge in [0.2, 0.25) is 0 Å². The Kier molecular flexibility index (Phi) is 4.25. The van der Waals surface area contributed by atoms with Crippen LogP contribution in [0.5, 0.6) is 5.75 Å². The number of fused-ring (bicyclic) bond motifs is 2. The molecule has 0 saturated heterocycles. The highest BCUT2D eigenvalue weighted by atomic mass is 79.9. The molecule has 2 heterocycles. The standard InChI is InChI=1S/C23H14BrN3O3/c24-13-5-10-20-17(11-13)18(22(29)26-20)12-21-25-19-4-2-1-3-16(19)23(30)27(21)14-6-8-15(28)9-7-14/h1-12,28H,(H,26,29)/b18-12-. The van der Waals surface area contributed by atoms with E-state index < -0.39 is 0 Å². The predicted octanol–water partition coefficient (Wildman–Crippen LogP) is 4.35. The average Bonchev–Trinajstić information content (AvgIpc) is 3.04. The number of hydrogen-bond donors (Lipinski definition) is 2. The first-order valence-electron chi connectivity index (χ1n) is 9.15. The summed E-state index contributed by atoms with van der Waals surface area (Å²) in [5, 5.41) is 12.9. The highest BCUT2D eigenvalue weighted by Crippen LogP contribution is 2.35. The summed E-state index contributed by atoms with van der Waals surface area (Å²) in [5.74, 6) is 0.152. The van der Waals surface area contributed by atoms with Crippen LogP contribution in [-0.4, -0.2) is 20.6 Å². The molecule has 146 valence electrons. The van der Waals surface area contributed by atoms with Gasteiger partial charge in [-0.25, -0.2) is 4.98 Å². The Labute approximate surface area is 179 Å². The van der Waals surface area contributed by atoms with Crippen molar-refractivity contribution in [1.82, 2.24) is 9.55 Å². The number of aromatic nitrogens is 2. The van der Waals surface area contributed by atoms with Gasteiger partial charge < -0.3 is 10.4 Å². The van der Waals surface area contributed by atoms with E-state index in [9.17, 15) is 14.7 Å². The molecule has 0 atom stereocenters. The van der Waals surface area contributed by atoms with Crippen molar-refractivity contribution in [2.45, 2.75) is 0 Å². The Morgan fingerprint density at radius 1 is 1.00 bits per heavy atom. The number of nitrogens with zero attached hydrogens (tertiary/aromatic N) is 2. The molecule has 1 aromatic heterocycles. The fourth-order valence-corrected chi connectivity index (χ4v) is 3.89. The molecule has 0 bridgehead atoms. The van der Waals surface area contributed by atoms with Gasteiger partial charge in [0.25, 0.3) is 11.5 Å². The summed E-state index contributed by atoms with van der Waals surface area (Å²) in [7, 11) is 0. The molecule has 30 heavy (non-hydrogen) atoms. The molecule has 0 radical (unpaired) electrons. The molecular formula is C23H14BrN3O3. The van der Waals surface area contributed by atoms with Gasteiger partial charge in [-0.15, -0.1) is 0 Å². The van der Waals surface area contributed by atoms with Crippen LogP contribution in [0, 0.1) is 0 Å². The normalized spacial score (nSPS) is 14.2. The van der Waals surface area contributed by atoms with Crippen molar-refractivity contribution in [3.63, 3.8) is 0 Å². The van der Waals surface area contributed by atoms with Crippen molar-refractivity contribution in [3.05, 3.63) is 92.9 Å². The maximum atomic E-state index is 13.3. The van der Waals surface area contributed by atoms with Crippen LogP contribution in [0.25, 0.3) is 28.2 Å². The Hall–Kier alpha value is -3.71. The number of halogens is 1. The quantitative estimate of drug-likeness (QED) is 0.436. The predicted molar refractivity (Wildman–Crippen MR) is 120 cm³/mol. The second kappa shape index (κ2) is 6.96. The van der Waals surface area contributed by atoms with Crippen LogP contribution in [0.15, 0.2) is 76.0 Å². The van der Waals surface area contributed by atoms with E-state index >= 15 is 0 Å². The maximum Gasteiger partial charge on any atom is 0.266 e. The number of anilines is 1. The van der Waals surface area contributed by atoms with E-state index in [1.165, 1.54) is 16.7 Å². The first kappa shape index (κ1) is 18.3. The molecule has 7 heteroatoms. The van der Waals surface area contributed by atoms with E-state index in [0.717, 1.165) is 10.0 Å². The number of phenolic OH excluding ortho intramolecular Hbond substituents is 1. The summed E-state index contributed by atoms with van der Waals surface area (Å²) in [4.78, 5) is 30.6. The number of para-hydroxylation sites is 1. The third-order valence-electron chi connectivity index (χ3n) is 4.95. The van der Waals surface area contributed by atoms with Crippen molar-refractivity contribution >= 4 is 50.1 Å². The van der Waals surface area contributed by atoms with Gasteiger partial charge in [-0.2, -0.15) is 0 Å². The van der Waals surface area contributed by atoms with Crippen molar-refractivity contribution < 1.29 is 9.90 Å². The molecule has 1 aliphatic heterocycles. The van der Waals surface area contributed by atoms with Gasteiger partial charge in [0.1, 0.15) is 11.6 Å². The van der Waals surface area contributed by atoms with Gasteiger partial charge in [0.15, 0.2) is 0 Å². The third-order valence-corrected chi connectivity index (χ3v) is 5.44. The summed E-state index contributed by atoms with van der Waals surface area (Å²) in [5.41, 5.74) is 2.67. The van der Waals surface area contributed by atoms with Gasteiger partial charge in [0.05, 0.1) is 22.2 Å². The Morgan fingerprint density at radius 3 is 2.57 bits per heavy atom. The number of rotatable bonds is 2. The number of carbonyl (C=O) groups excluding carboxylic acids is 1. The molecule has 2 N–H and O–H groups in total. The molecule has 0 saturated carbocycles. The Balaban J connectivity index is 1.81. The first-order chi connectivity index (χ1) is 14.5. The van der Waals surface area contributed by atoms with Crippen LogP contribution in [0.1, 0.15) is 11.4 Å². The zero-order valence-corrected chi connectivity index (χ0v) is 17.1. The number of hydrogen-bond acceptors (Lipinski definition) is 4. The zero-order chi connectivity index (χ0) is 20.8.